The van der Waals surface area contributed by atoms with E-state index < -0.39 is 10.0 Å². The standard InChI is InChI=1S/C12H14N4O3S/c1-19-11-7-3-2-5-9(11)16-20(17,18)12-10(15-13)6-4-8-14-12/h2-8,15-16H,13H2,1H3. The van der Waals surface area contributed by atoms with Crippen LogP contribution in [-0.2, 0) is 10.0 Å². The summed E-state index contributed by atoms with van der Waals surface area (Å²) in [6.45, 7) is 0. The lowest BCUT2D eigenvalue weighted by Crippen LogP contribution is -2.19. The molecule has 106 valence electrons. The summed E-state index contributed by atoms with van der Waals surface area (Å²) in [4.78, 5) is 3.84. The molecule has 0 aliphatic rings. The topological polar surface area (TPSA) is 106 Å². The maximum Gasteiger partial charge on any atom is 0.281 e. The molecule has 0 bridgehead atoms. The first-order valence-electron chi connectivity index (χ1n) is 5.66. The van der Waals surface area contributed by atoms with Gasteiger partial charge in [-0.05, 0) is 24.3 Å². The third-order valence-electron chi connectivity index (χ3n) is 2.53. The number of para-hydroxylation sites is 2. The normalized spacial score (nSPS) is 10.9. The summed E-state index contributed by atoms with van der Waals surface area (Å²) in [6, 6.07) is 9.78. The van der Waals surface area contributed by atoms with E-state index in [0.717, 1.165) is 0 Å². The fourth-order valence-corrected chi connectivity index (χ4v) is 2.81. The molecular formula is C12H14N4O3S. The van der Waals surface area contributed by atoms with Crippen molar-refractivity contribution < 1.29 is 13.2 Å². The predicted octanol–water partition coefficient (Wildman–Crippen LogP) is 1.18. The second kappa shape index (κ2) is 5.76. The van der Waals surface area contributed by atoms with E-state index in [-0.39, 0.29) is 10.7 Å². The number of benzene rings is 1. The first-order chi connectivity index (χ1) is 9.58. The van der Waals surface area contributed by atoms with E-state index in [1.165, 1.54) is 19.4 Å². The van der Waals surface area contributed by atoms with E-state index in [2.05, 4.69) is 15.1 Å². The highest BCUT2D eigenvalue weighted by Crippen LogP contribution is 2.27. The van der Waals surface area contributed by atoms with E-state index >= 15 is 0 Å². The molecule has 1 heterocycles. The van der Waals surface area contributed by atoms with Gasteiger partial charge in [-0.1, -0.05) is 12.1 Å². The molecule has 7 nitrogen and oxygen atoms in total. The molecule has 4 N–H and O–H groups in total. The Bertz CT molecular complexity index is 703. The lowest BCUT2D eigenvalue weighted by molar-refractivity contribution is 0.417. The highest BCUT2D eigenvalue weighted by atomic mass is 32.2. The third-order valence-corrected chi connectivity index (χ3v) is 3.86. The van der Waals surface area contributed by atoms with Crippen LogP contribution in [0.15, 0.2) is 47.6 Å². The summed E-state index contributed by atoms with van der Waals surface area (Å²) in [5.74, 6) is 5.70. The fraction of sp³-hybridized carbons (Fsp3) is 0.0833. The molecule has 1 aromatic heterocycles. The van der Waals surface area contributed by atoms with E-state index in [9.17, 15) is 8.42 Å². The Morgan fingerprint density at radius 2 is 1.85 bits per heavy atom. The Hall–Kier alpha value is -2.32. The lowest BCUT2D eigenvalue weighted by Gasteiger charge is -2.12. The van der Waals surface area contributed by atoms with Crippen molar-refractivity contribution >= 4 is 21.4 Å². The van der Waals surface area contributed by atoms with Gasteiger partial charge in [0.2, 0.25) is 5.03 Å². The molecular weight excluding hydrogens is 280 g/mol. The number of hydrazine groups is 1. The van der Waals surface area contributed by atoms with Gasteiger partial charge in [-0.2, -0.15) is 8.42 Å². The van der Waals surface area contributed by atoms with Crippen LogP contribution in [0.25, 0.3) is 0 Å². The van der Waals surface area contributed by atoms with E-state index in [1.54, 1.807) is 30.3 Å². The smallest absolute Gasteiger partial charge is 0.281 e. The first-order valence-corrected chi connectivity index (χ1v) is 7.14. The number of pyridine rings is 1. The Morgan fingerprint density at radius 1 is 1.15 bits per heavy atom. The van der Waals surface area contributed by atoms with E-state index in [1.807, 2.05) is 0 Å². The van der Waals surface area contributed by atoms with Crippen LogP contribution in [0.1, 0.15) is 0 Å². The molecule has 0 atom stereocenters. The molecule has 0 saturated heterocycles. The molecule has 0 amide bonds. The zero-order valence-corrected chi connectivity index (χ0v) is 11.5. The number of anilines is 2. The molecule has 20 heavy (non-hydrogen) atoms. The molecule has 0 saturated carbocycles. The molecule has 1 aromatic carbocycles. The number of hydrogen-bond acceptors (Lipinski definition) is 6. The average molecular weight is 294 g/mol. The summed E-state index contributed by atoms with van der Waals surface area (Å²) < 4.78 is 32.2. The van der Waals surface area contributed by atoms with Gasteiger partial charge in [0.05, 0.1) is 18.5 Å². The van der Waals surface area contributed by atoms with Crippen LogP contribution in [0.5, 0.6) is 5.75 Å². The van der Waals surface area contributed by atoms with Crippen LogP contribution in [0.2, 0.25) is 0 Å². The second-order valence-electron chi connectivity index (χ2n) is 3.81. The van der Waals surface area contributed by atoms with Crippen LogP contribution < -0.4 is 20.7 Å². The monoisotopic (exact) mass is 294 g/mol. The van der Waals surface area contributed by atoms with Gasteiger partial charge in [0.25, 0.3) is 10.0 Å². The van der Waals surface area contributed by atoms with Gasteiger partial charge >= 0.3 is 0 Å². The van der Waals surface area contributed by atoms with Gasteiger partial charge in [0, 0.05) is 6.20 Å². The Morgan fingerprint density at radius 3 is 2.55 bits per heavy atom. The predicted molar refractivity (Wildman–Crippen MR) is 75.8 cm³/mol. The minimum Gasteiger partial charge on any atom is -0.495 e. The summed E-state index contributed by atoms with van der Waals surface area (Å²) in [5, 5.41) is -0.187. The van der Waals surface area contributed by atoms with Crippen LogP contribution in [0, 0.1) is 0 Å². The van der Waals surface area contributed by atoms with Crippen molar-refractivity contribution in [2.45, 2.75) is 5.03 Å². The zero-order valence-electron chi connectivity index (χ0n) is 10.7. The van der Waals surface area contributed by atoms with Crippen LogP contribution >= 0.6 is 0 Å². The largest absolute Gasteiger partial charge is 0.495 e. The van der Waals surface area contributed by atoms with Crippen molar-refractivity contribution in [2.24, 2.45) is 5.84 Å². The number of ether oxygens (including phenoxy) is 1. The maximum absolute atomic E-state index is 12.3. The second-order valence-corrected chi connectivity index (χ2v) is 5.40. The third kappa shape index (κ3) is 2.81. The molecule has 0 aliphatic heterocycles. The number of rotatable bonds is 5. The minimum atomic E-state index is -3.87. The van der Waals surface area contributed by atoms with Crippen molar-refractivity contribution in [1.29, 1.82) is 0 Å². The van der Waals surface area contributed by atoms with Gasteiger partial charge in [-0.15, -0.1) is 0 Å². The Balaban J connectivity index is 2.41. The number of aromatic nitrogens is 1. The van der Waals surface area contributed by atoms with Crippen molar-refractivity contribution in [1.82, 2.24) is 4.98 Å². The van der Waals surface area contributed by atoms with E-state index in [0.29, 0.717) is 11.4 Å². The Kier molecular flexibility index (Phi) is 4.06. The van der Waals surface area contributed by atoms with Crippen molar-refractivity contribution in [3.63, 3.8) is 0 Å². The van der Waals surface area contributed by atoms with Crippen molar-refractivity contribution in [3.8, 4) is 5.75 Å². The van der Waals surface area contributed by atoms with Crippen LogP contribution in [-0.4, -0.2) is 20.5 Å². The lowest BCUT2D eigenvalue weighted by atomic mass is 10.3. The molecule has 2 aromatic rings. The number of nitrogens with two attached hydrogens (primary N) is 1. The highest BCUT2D eigenvalue weighted by molar-refractivity contribution is 7.92. The molecule has 0 aliphatic carbocycles. The zero-order chi connectivity index (χ0) is 14.6. The molecule has 2 rings (SSSR count). The molecule has 0 unspecified atom stereocenters. The van der Waals surface area contributed by atoms with Crippen molar-refractivity contribution in [2.75, 3.05) is 17.3 Å². The molecule has 0 radical (unpaired) electrons. The van der Waals surface area contributed by atoms with Gasteiger partial charge in [-0.3, -0.25) is 10.6 Å². The molecule has 0 fully saturated rings. The van der Waals surface area contributed by atoms with Gasteiger partial charge < -0.3 is 10.2 Å². The number of sulfonamides is 1. The van der Waals surface area contributed by atoms with E-state index in [4.69, 9.17) is 10.6 Å². The van der Waals surface area contributed by atoms with Gasteiger partial charge in [0.15, 0.2) is 0 Å². The molecule has 0 spiro atoms. The summed E-state index contributed by atoms with van der Waals surface area (Å²) in [7, 11) is -2.41. The summed E-state index contributed by atoms with van der Waals surface area (Å²) in [6.07, 6.45) is 1.37. The van der Waals surface area contributed by atoms with Gasteiger partial charge in [0.1, 0.15) is 5.75 Å². The number of nitrogens with zero attached hydrogens (tertiary/aromatic N) is 1. The number of hydrogen-bond donors (Lipinski definition) is 3. The summed E-state index contributed by atoms with van der Waals surface area (Å²) in [5.41, 5.74) is 2.83. The van der Waals surface area contributed by atoms with Crippen molar-refractivity contribution in [3.05, 3.63) is 42.6 Å². The highest BCUT2D eigenvalue weighted by Gasteiger charge is 2.21. The number of nitrogen functional groups attached to an aromatic ring is 1. The summed E-state index contributed by atoms with van der Waals surface area (Å²) >= 11 is 0. The maximum atomic E-state index is 12.3. The molecule has 8 heteroatoms. The Labute approximate surface area is 116 Å². The SMILES string of the molecule is COc1ccccc1NS(=O)(=O)c1ncccc1NN. The average Bonchev–Trinajstić information content (AvgIpc) is 2.47. The quantitative estimate of drug-likeness (QED) is 0.564. The van der Waals surface area contributed by atoms with Crippen LogP contribution in [0.4, 0.5) is 11.4 Å². The van der Waals surface area contributed by atoms with Gasteiger partial charge in [-0.25, -0.2) is 4.98 Å². The fourth-order valence-electron chi connectivity index (χ4n) is 1.64. The minimum absolute atomic E-state index is 0.187. The van der Waals surface area contributed by atoms with Crippen LogP contribution in [0.3, 0.4) is 0 Å². The number of methoxy groups -OCH3 is 1. The first kappa shape index (κ1) is 14.1. The number of nitrogens with one attached hydrogen (secondary N) is 2.